The molecule has 1 heterocycles. The first-order valence-corrected chi connectivity index (χ1v) is 10.6. The van der Waals surface area contributed by atoms with Crippen LogP contribution in [0.1, 0.15) is 50.2 Å². The summed E-state index contributed by atoms with van der Waals surface area (Å²) in [6.45, 7) is 5.73. The van der Waals surface area contributed by atoms with Crippen molar-refractivity contribution in [1.29, 1.82) is 0 Å². The lowest BCUT2D eigenvalue weighted by Gasteiger charge is -2.26. The van der Waals surface area contributed by atoms with Crippen LogP contribution in [0.2, 0.25) is 0 Å². The largest absolute Gasteiger partial charge is 0.332 e. The topological polar surface area (TPSA) is 27.3 Å². The van der Waals surface area contributed by atoms with Crippen LogP contribution in [-0.4, -0.2) is 23.1 Å². The van der Waals surface area contributed by atoms with Gasteiger partial charge in [0.1, 0.15) is 0 Å². The monoisotopic (exact) mass is 381 g/mol. The predicted octanol–water partition coefficient (Wildman–Crippen LogP) is 5.82. The van der Waals surface area contributed by atoms with Gasteiger partial charge in [-0.2, -0.15) is 0 Å². The van der Waals surface area contributed by atoms with E-state index in [1.807, 2.05) is 0 Å². The Kier molecular flexibility index (Phi) is 7.66. The van der Waals surface area contributed by atoms with Gasteiger partial charge in [0.2, 0.25) is 0 Å². The molecule has 1 saturated heterocycles. The van der Waals surface area contributed by atoms with Crippen molar-refractivity contribution >= 4 is 28.7 Å². The van der Waals surface area contributed by atoms with Gasteiger partial charge in [-0.1, -0.05) is 44.0 Å². The molecule has 2 aromatic carbocycles. The number of likely N-dealkylation sites (tertiary alicyclic amines) is 1. The first-order chi connectivity index (χ1) is 13.2. The second-order valence-electron chi connectivity index (χ2n) is 7.41. The molecule has 0 bridgehead atoms. The third-order valence-corrected chi connectivity index (χ3v) is 5.30. The maximum absolute atomic E-state index is 5.45. The van der Waals surface area contributed by atoms with E-state index in [2.05, 4.69) is 71.0 Å². The molecule has 4 heteroatoms. The lowest BCUT2D eigenvalue weighted by atomic mass is 10.1. The molecule has 3 rings (SSSR count). The highest BCUT2D eigenvalue weighted by atomic mass is 32.1. The van der Waals surface area contributed by atoms with E-state index in [4.69, 9.17) is 12.2 Å². The highest BCUT2D eigenvalue weighted by molar-refractivity contribution is 7.80. The van der Waals surface area contributed by atoms with Gasteiger partial charge >= 0.3 is 0 Å². The Bertz CT molecular complexity index is 703. The lowest BCUT2D eigenvalue weighted by Crippen LogP contribution is -2.29. The van der Waals surface area contributed by atoms with Gasteiger partial charge in [-0.05, 0) is 86.4 Å². The van der Waals surface area contributed by atoms with Gasteiger partial charge in [0.05, 0.1) is 0 Å². The molecule has 3 nitrogen and oxygen atoms in total. The average molecular weight is 382 g/mol. The van der Waals surface area contributed by atoms with E-state index < -0.39 is 0 Å². The van der Waals surface area contributed by atoms with Gasteiger partial charge < -0.3 is 10.6 Å². The van der Waals surface area contributed by atoms with Crippen LogP contribution in [0, 0.1) is 0 Å². The first-order valence-electron chi connectivity index (χ1n) is 10.2. The van der Waals surface area contributed by atoms with Gasteiger partial charge in [0, 0.05) is 17.9 Å². The summed E-state index contributed by atoms with van der Waals surface area (Å²) >= 11 is 5.45. The Hall–Kier alpha value is -1.91. The SMILES string of the molecule is CCCCc1ccc(NC(=S)Nc2ccc(CN3CCCCC3)cc2)cc1. The number of anilines is 2. The molecule has 2 aromatic rings. The second-order valence-corrected chi connectivity index (χ2v) is 7.82. The molecule has 0 radical (unpaired) electrons. The van der Waals surface area contributed by atoms with Gasteiger partial charge in [-0.15, -0.1) is 0 Å². The van der Waals surface area contributed by atoms with Crippen LogP contribution in [0.25, 0.3) is 0 Å². The van der Waals surface area contributed by atoms with E-state index >= 15 is 0 Å². The number of nitrogens with zero attached hydrogens (tertiary/aromatic N) is 1. The van der Waals surface area contributed by atoms with E-state index in [-0.39, 0.29) is 0 Å². The highest BCUT2D eigenvalue weighted by Gasteiger charge is 2.10. The molecular formula is C23H31N3S. The minimum Gasteiger partial charge on any atom is -0.332 e. The number of benzene rings is 2. The maximum Gasteiger partial charge on any atom is 0.175 e. The second kappa shape index (κ2) is 10.4. The normalized spacial score (nSPS) is 14.7. The van der Waals surface area contributed by atoms with Crippen LogP contribution in [0.15, 0.2) is 48.5 Å². The zero-order valence-corrected chi connectivity index (χ0v) is 17.2. The minimum absolute atomic E-state index is 0.625. The maximum atomic E-state index is 5.45. The summed E-state index contributed by atoms with van der Waals surface area (Å²) in [5.41, 5.74) is 4.79. The van der Waals surface area contributed by atoms with Gasteiger partial charge in [0.15, 0.2) is 5.11 Å². The molecule has 0 unspecified atom stereocenters. The summed E-state index contributed by atoms with van der Waals surface area (Å²) in [4.78, 5) is 2.54. The summed E-state index contributed by atoms with van der Waals surface area (Å²) in [7, 11) is 0. The molecule has 0 atom stereocenters. The van der Waals surface area contributed by atoms with E-state index in [9.17, 15) is 0 Å². The number of piperidine rings is 1. The van der Waals surface area contributed by atoms with Crippen LogP contribution >= 0.6 is 12.2 Å². The molecule has 0 spiro atoms. The zero-order valence-electron chi connectivity index (χ0n) is 16.3. The smallest absolute Gasteiger partial charge is 0.175 e. The molecule has 1 aliphatic rings. The predicted molar refractivity (Wildman–Crippen MR) is 120 cm³/mol. The summed E-state index contributed by atoms with van der Waals surface area (Å²) in [6.07, 6.45) is 7.65. The molecule has 2 N–H and O–H groups in total. The fraction of sp³-hybridized carbons (Fsp3) is 0.435. The summed E-state index contributed by atoms with van der Waals surface area (Å²) in [5, 5.41) is 7.17. The summed E-state index contributed by atoms with van der Waals surface area (Å²) < 4.78 is 0. The summed E-state index contributed by atoms with van der Waals surface area (Å²) in [5.74, 6) is 0. The van der Waals surface area contributed by atoms with Gasteiger partial charge in [0.25, 0.3) is 0 Å². The van der Waals surface area contributed by atoms with E-state index in [0.717, 1.165) is 24.3 Å². The fourth-order valence-electron chi connectivity index (χ4n) is 3.50. The van der Waals surface area contributed by atoms with Crippen molar-refractivity contribution in [1.82, 2.24) is 4.90 Å². The van der Waals surface area contributed by atoms with Gasteiger partial charge in [-0.3, -0.25) is 4.90 Å². The molecule has 0 aliphatic carbocycles. The first kappa shape index (κ1) is 19.8. The molecule has 27 heavy (non-hydrogen) atoms. The molecule has 0 saturated carbocycles. The zero-order chi connectivity index (χ0) is 18.9. The van der Waals surface area contributed by atoms with E-state index in [1.54, 1.807) is 0 Å². The van der Waals surface area contributed by atoms with Crippen molar-refractivity contribution in [3.63, 3.8) is 0 Å². The van der Waals surface area contributed by atoms with Crippen LogP contribution in [0.4, 0.5) is 11.4 Å². The van der Waals surface area contributed by atoms with Crippen LogP contribution in [-0.2, 0) is 13.0 Å². The third kappa shape index (κ3) is 6.64. The Balaban J connectivity index is 1.47. The van der Waals surface area contributed by atoms with Gasteiger partial charge in [-0.25, -0.2) is 0 Å². The standard InChI is InChI=1S/C23H31N3S/c1-2-3-7-19-8-12-21(13-9-19)24-23(27)25-22-14-10-20(11-15-22)18-26-16-5-4-6-17-26/h8-15H,2-7,16-18H2,1H3,(H2,24,25,27). The highest BCUT2D eigenvalue weighted by Crippen LogP contribution is 2.16. The Morgan fingerprint density at radius 2 is 1.41 bits per heavy atom. The third-order valence-electron chi connectivity index (χ3n) is 5.10. The molecule has 0 amide bonds. The van der Waals surface area contributed by atoms with E-state index in [1.165, 1.54) is 56.3 Å². The summed E-state index contributed by atoms with van der Waals surface area (Å²) in [6, 6.07) is 17.2. The van der Waals surface area contributed by atoms with Crippen molar-refractivity contribution in [3.05, 3.63) is 59.7 Å². The van der Waals surface area contributed by atoms with Crippen LogP contribution in [0.3, 0.4) is 0 Å². The molecule has 0 aromatic heterocycles. The van der Waals surface area contributed by atoms with E-state index in [0.29, 0.717) is 5.11 Å². The number of hydrogen-bond acceptors (Lipinski definition) is 2. The number of rotatable bonds is 7. The van der Waals surface area contributed by atoms with Crippen molar-refractivity contribution < 1.29 is 0 Å². The molecular weight excluding hydrogens is 350 g/mol. The van der Waals surface area contributed by atoms with Crippen LogP contribution < -0.4 is 10.6 Å². The Morgan fingerprint density at radius 1 is 0.852 bits per heavy atom. The van der Waals surface area contributed by atoms with Crippen LogP contribution in [0.5, 0.6) is 0 Å². The molecule has 1 aliphatic heterocycles. The van der Waals surface area contributed by atoms with Crippen molar-refractivity contribution in [2.75, 3.05) is 23.7 Å². The Morgan fingerprint density at radius 3 is 1.96 bits per heavy atom. The number of aryl methyl sites for hydroxylation is 1. The molecule has 1 fully saturated rings. The molecule has 144 valence electrons. The number of thiocarbonyl (C=S) groups is 1. The van der Waals surface area contributed by atoms with Crippen molar-refractivity contribution in [3.8, 4) is 0 Å². The number of nitrogens with one attached hydrogen (secondary N) is 2. The Labute approximate surface area is 169 Å². The average Bonchev–Trinajstić information content (AvgIpc) is 2.70. The fourth-order valence-corrected chi connectivity index (χ4v) is 3.73. The minimum atomic E-state index is 0.625. The van der Waals surface area contributed by atoms with Crippen molar-refractivity contribution in [2.45, 2.75) is 52.0 Å². The number of hydrogen-bond donors (Lipinski definition) is 2. The lowest BCUT2D eigenvalue weighted by molar-refractivity contribution is 0.221. The van der Waals surface area contributed by atoms with Crippen molar-refractivity contribution in [2.24, 2.45) is 0 Å². The number of unbranched alkanes of at least 4 members (excludes halogenated alkanes) is 1. The quantitative estimate of drug-likeness (QED) is 0.591.